The first-order valence-electron chi connectivity index (χ1n) is 6.29. The van der Waals surface area contributed by atoms with Gasteiger partial charge >= 0.3 is 0 Å². The molecule has 0 saturated heterocycles. The molecular weight excluding hydrogens is 266 g/mol. The Morgan fingerprint density at radius 3 is 2.95 bits per heavy atom. The fourth-order valence-electron chi connectivity index (χ4n) is 1.82. The summed E-state index contributed by atoms with van der Waals surface area (Å²) in [6, 6.07) is 10.9. The maximum absolute atomic E-state index is 8.94. The van der Waals surface area contributed by atoms with Crippen LogP contribution in [0.15, 0.2) is 55.1 Å². The van der Waals surface area contributed by atoms with Gasteiger partial charge in [-0.1, -0.05) is 6.07 Å². The Morgan fingerprint density at radius 2 is 2.14 bits per heavy atom. The standard InChI is InChI=1S/C15H11N5O/c16-9-12-3-6-18-14(8-12)20-15(4-7-19-20)21-11-13-2-1-5-17-10-13/h1-8,10H,11H2. The lowest BCUT2D eigenvalue weighted by atomic mass is 10.3. The van der Waals surface area contributed by atoms with Crippen molar-refractivity contribution < 1.29 is 4.74 Å². The second-order valence-electron chi connectivity index (χ2n) is 4.25. The Labute approximate surface area is 121 Å². The van der Waals surface area contributed by atoms with E-state index in [1.165, 1.54) is 0 Å². The van der Waals surface area contributed by atoms with Gasteiger partial charge in [0.15, 0.2) is 5.82 Å². The molecule has 6 nitrogen and oxygen atoms in total. The molecule has 0 unspecified atom stereocenters. The van der Waals surface area contributed by atoms with Crippen LogP contribution in [0.1, 0.15) is 11.1 Å². The van der Waals surface area contributed by atoms with Gasteiger partial charge in [0.25, 0.3) is 0 Å². The number of nitriles is 1. The predicted molar refractivity (Wildman–Crippen MR) is 74.6 cm³/mol. The molecule has 0 amide bonds. The van der Waals surface area contributed by atoms with Crippen molar-refractivity contribution in [2.45, 2.75) is 6.61 Å². The smallest absolute Gasteiger partial charge is 0.218 e. The molecule has 0 aliphatic carbocycles. The Bertz CT molecular complexity index is 776. The van der Waals surface area contributed by atoms with Crippen molar-refractivity contribution in [2.75, 3.05) is 0 Å². The lowest BCUT2D eigenvalue weighted by molar-refractivity contribution is 0.284. The van der Waals surface area contributed by atoms with Crippen LogP contribution in [0.25, 0.3) is 5.82 Å². The van der Waals surface area contributed by atoms with Crippen LogP contribution in [0.2, 0.25) is 0 Å². The molecule has 0 atom stereocenters. The summed E-state index contributed by atoms with van der Waals surface area (Å²) in [5, 5.41) is 13.1. The van der Waals surface area contributed by atoms with Gasteiger partial charge in [-0.15, -0.1) is 0 Å². The molecule has 21 heavy (non-hydrogen) atoms. The highest BCUT2D eigenvalue weighted by Crippen LogP contribution is 2.17. The summed E-state index contributed by atoms with van der Waals surface area (Å²) in [5.41, 5.74) is 1.48. The van der Waals surface area contributed by atoms with Crippen molar-refractivity contribution in [1.29, 1.82) is 5.26 Å². The highest BCUT2D eigenvalue weighted by molar-refractivity contribution is 5.36. The van der Waals surface area contributed by atoms with E-state index in [1.54, 1.807) is 47.7 Å². The maximum Gasteiger partial charge on any atom is 0.218 e. The topological polar surface area (TPSA) is 76.6 Å². The SMILES string of the molecule is N#Cc1ccnc(-n2nccc2OCc2cccnc2)c1. The van der Waals surface area contributed by atoms with Crippen molar-refractivity contribution in [3.8, 4) is 17.8 Å². The van der Waals surface area contributed by atoms with E-state index in [2.05, 4.69) is 21.1 Å². The summed E-state index contributed by atoms with van der Waals surface area (Å²) >= 11 is 0. The summed E-state index contributed by atoms with van der Waals surface area (Å²) in [5.74, 6) is 1.10. The molecule has 3 aromatic heterocycles. The zero-order valence-corrected chi connectivity index (χ0v) is 11.0. The summed E-state index contributed by atoms with van der Waals surface area (Å²) < 4.78 is 7.28. The molecule has 102 valence electrons. The van der Waals surface area contributed by atoms with E-state index in [4.69, 9.17) is 10.00 Å². The van der Waals surface area contributed by atoms with Crippen molar-refractivity contribution >= 4 is 0 Å². The second-order valence-corrected chi connectivity index (χ2v) is 4.25. The summed E-state index contributed by atoms with van der Waals surface area (Å²) in [7, 11) is 0. The van der Waals surface area contributed by atoms with Gasteiger partial charge in [0.05, 0.1) is 17.8 Å². The highest BCUT2D eigenvalue weighted by atomic mass is 16.5. The largest absolute Gasteiger partial charge is 0.473 e. The Hall–Kier alpha value is -3.20. The fraction of sp³-hybridized carbons (Fsp3) is 0.0667. The Kier molecular flexibility index (Phi) is 3.56. The van der Waals surface area contributed by atoms with Crippen LogP contribution in [0, 0.1) is 11.3 Å². The maximum atomic E-state index is 8.94. The first kappa shape index (κ1) is 12.8. The lowest BCUT2D eigenvalue weighted by Crippen LogP contribution is -2.05. The van der Waals surface area contributed by atoms with Crippen molar-refractivity contribution in [3.05, 3.63) is 66.2 Å². The molecule has 3 aromatic rings. The number of hydrogen-bond acceptors (Lipinski definition) is 5. The first-order valence-corrected chi connectivity index (χ1v) is 6.29. The molecule has 6 heteroatoms. The number of nitrogens with zero attached hydrogens (tertiary/aromatic N) is 5. The molecule has 0 bridgehead atoms. The monoisotopic (exact) mass is 277 g/mol. The number of aromatic nitrogens is 4. The normalized spacial score (nSPS) is 10.0. The van der Waals surface area contributed by atoms with Gasteiger partial charge in [0.1, 0.15) is 6.61 Å². The number of pyridine rings is 2. The Morgan fingerprint density at radius 1 is 1.19 bits per heavy atom. The minimum Gasteiger partial charge on any atom is -0.473 e. The van der Waals surface area contributed by atoms with Crippen molar-refractivity contribution in [1.82, 2.24) is 19.7 Å². The van der Waals surface area contributed by atoms with E-state index < -0.39 is 0 Å². The lowest BCUT2D eigenvalue weighted by Gasteiger charge is -2.08. The quantitative estimate of drug-likeness (QED) is 0.730. The molecule has 0 saturated carbocycles. The molecule has 0 N–H and O–H groups in total. The summed E-state index contributed by atoms with van der Waals surface area (Å²) in [6.45, 7) is 0.386. The molecule has 0 fully saturated rings. The zero-order valence-electron chi connectivity index (χ0n) is 11.0. The van der Waals surface area contributed by atoms with E-state index in [0.717, 1.165) is 5.56 Å². The molecule has 0 spiro atoms. The predicted octanol–water partition coefficient (Wildman–Crippen LogP) is 2.11. The van der Waals surface area contributed by atoms with Crippen LogP contribution in [0.4, 0.5) is 0 Å². The number of hydrogen-bond donors (Lipinski definition) is 0. The van der Waals surface area contributed by atoms with E-state index in [0.29, 0.717) is 23.9 Å². The van der Waals surface area contributed by atoms with Crippen LogP contribution in [0.5, 0.6) is 5.88 Å². The van der Waals surface area contributed by atoms with Gasteiger partial charge in [-0.2, -0.15) is 15.0 Å². The molecule has 3 heterocycles. The third kappa shape index (κ3) is 2.87. The zero-order chi connectivity index (χ0) is 14.5. The third-order valence-corrected chi connectivity index (χ3v) is 2.81. The molecule has 3 rings (SSSR count). The van der Waals surface area contributed by atoms with Crippen LogP contribution >= 0.6 is 0 Å². The fourth-order valence-corrected chi connectivity index (χ4v) is 1.82. The van der Waals surface area contributed by atoms with Gasteiger partial charge in [-0.05, 0) is 12.1 Å². The second kappa shape index (κ2) is 5.84. The van der Waals surface area contributed by atoms with Gasteiger partial charge in [0, 0.05) is 36.3 Å². The van der Waals surface area contributed by atoms with Crippen LogP contribution in [0.3, 0.4) is 0 Å². The molecule has 0 aliphatic rings. The van der Waals surface area contributed by atoms with Crippen molar-refractivity contribution in [2.24, 2.45) is 0 Å². The van der Waals surface area contributed by atoms with E-state index in [1.807, 2.05) is 12.1 Å². The number of ether oxygens (including phenoxy) is 1. The van der Waals surface area contributed by atoms with Crippen LogP contribution in [-0.2, 0) is 6.61 Å². The Balaban J connectivity index is 1.82. The van der Waals surface area contributed by atoms with Gasteiger partial charge in [0.2, 0.25) is 5.88 Å². The molecule has 0 aromatic carbocycles. The van der Waals surface area contributed by atoms with Crippen molar-refractivity contribution in [3.63, 3.8) is 0 Å². The average Bonchev–Trinajstić information content (AvgIpc) is 3.02. The first-order chi connectivity index (χ1) is 10.4. The van der Waals surface area contributed by atoms with E-state index in [-0.39, 0.29) is 0 Å². The minimum absolute atomic E-state index is 0.386. The van der Waals surface area contributed by atoms with Gasteiger partial charge in [-0.25, -0.2) is 4.98 Å². The summed E-state index contributed by atoms with van der Waals surface area (Å²) in [4.78, 5) is 8.24. The van der Waals surface area contributed by atoms with E-state index in [9.17, 15) is 0 Å². The highest BCUT2D eigenvalue weighted by Gasteiger charge is 2.08. The number of rotatable bonds is 4. The van der Waals surface area contributed by atoms with Gasteiger partial charge < -0.3 is 4.74 Å². The minimum atomic E-state index is 0.386. The van der Waals surface area contributed by atoms with Crippen LogP contribution in [-0.4, -0.2) is 19.7 Å². The molecule has 0 aliphatic heterocycles. The van der Waals surface area contributed by atoms with E-state index >= 15 is 0 Å². The molecule has 0 radical (unpaired) electrons. The summed E-state index contributed by atoms with van der Waals surface area (Å²) in [6.07, 6.45) is 6.65. The third-order valence-electron chi connectivity index (χ3n) is 2.81. The average molecular weight is 277 g/mol. The van der Waals surface area contributed by atoms with Crippen LogP contribution < -0.4 is 4.74 Å². The molecular formula is C15H11N5O. The van der Waals surface area contributed by atoms with Gasteiger partial charge in [-0.3, -0.25) is 4.98 Å².